The van der Waals surface area contributed by atoms with Gasteiger partial charge in [0.05, 0.1) is 26.3 Å². The average Bonchev–Trinajstić information content (AvgIpc) is 2.88. The van der Waals surface area contributed by atoms with Crippen LogP contribution in [0, 0.1) is 0 Å². The van der Waals surface area contributed by atoms with Crippen molar-refractivity contribution in [2.75, 3.05) is 20.8 Å². The van der Waals surface area contributed by atoms with Crippen molar-refractivity contribution in [2.45, 2.75) is 44.9 Å². The minimum atomic E-state index is -0.181. The summed E-state index contributed by atoms with van der Waals surface area (Å²) in [6.07, 6.45) is 1.55. The van der Waals surface area contributed by atoms with Crippen LogP contribution in [-0.4, -0.2) is 42.5 Å². The quantitative estimate of drug-likeness (QED) is 0.554. The second-order valence-corrected chi connectivity index (χ2v) is 9.24. The van der Waals surface area contributed by atoms with Crippen LogP contribution in [-0.2, 0) is 30.7 Å². The molecule has 5 nitrogen and oxygen atoms in total. The Morgan fingerprint density at radius 1 is 0.912 bits per heavy atom. The molecule has 2 heterocycles. The Morgan fingerprint density at radius 3 is 2.32 bits per heavy atom. The van der Waals surface area contributed by atoms with Gasteiger partial charge in [-0.2, -0.15) is 0 Å². The van der Waals surface area contributed by atoms with Crippen LogP contribution in [0.25, 0.3) is 0 Å². The van der Waals surface area contributed by atoms with Gasteiger partial charge in [-0.15, -0.1) is 0 Å². The minimum Gasteiger partial charge on any atom is -0.493 e. The van der Waals surface area contributed by atoms with Crippen molar-refractivity contribution in [2.24, 2.45) is 0 Å². The molecule has 0 aromatic heterocycles. The lowest BCUT2D eigenvalue weighted by molar-refractivity contribution is -0.140. The third-order valence-corrected chi connectivity index (χ3v) is 7.33. The van der Waals surface area contributed by atoms with E-state index in [1.54, 1.807) is 14.2 Å². The predicted molar refractivity (Wildman–Crippen MR) is 133 cm³/mol. The van der Waals surface area contributed by atoms with Gasteiger partial charge in [0.15, 0.2) is 11.5 Å². The molecule has 0 unspecified atom stereocenters. The Labute approximate surface area is 201 Å². The fourth-order valence-electron chi connectivity index (χ4n) is 5.44. The zero-order valence-corrected chi connectivity index (χ0v) is 20.2. The summed E-state index contributed by atoms with van der Waals surface area (Å²) >= 11 is 0. The highest BCUT2D eigenvalue weighted by Gasteiger charge is 2.38. The van der Waals surface area contributed by atoms with Crippen molar-refractivity contribution in [3.8, 4) is 11.5 Å². The standard InChI is InChI=1S/C29H32N2O3/c1-20-25-17-28(34-3)27(33-2)16-23(25)13-14-31(20)29(32)26-15-22-11-7-8-12-24(22)19-30(26)18-21-9-5-4-6-10-21/h4-12,16-17,20,26H,13-15,18-19H2,1-3H3/t20-,26-/m0/s1. The minimum absolute atomic E-state index is 0.0215. The van der Waals surface area contributed by atoms with Crippen molar-refractivity contribution in [1.29, 1.82) is 0 Å². The second-order valence-electron chi connectivity index (χ2n) is 9.24. The van der Waals surface area contributed by atoms with E-state index in [1.807, 2.05) is 12.1 Å². The predicted octanol–water partition coefficient (Wildman–Crippen LogP) is 4.78. The second kappa shape index (κ2) is 9.51. The number of hydrogen-bond acceptors (Lipinski definition) is 4. The topological polar surface area (TPSA) is 42.0 Å². The summed E-state index contributed by atoms with van der Waals surface area (Å²) < 4.78 is 11.0. The molecule has 0 bridgehead atoms. The van der Waals surface area contributed by atoms with E-state index in [0.29, 0.717) is 12.3 Å². The average molecular weight is 457 g/mol. The molecule has 0 aliphatic carbocycles. The molecule has 0 spiro atoms. The van der Waals surface area contributed by atoms with Crippen molar-refractivity contribution in [3.05, 3.63) is 94.5 Å². The van der Waals surface area contributed by atoms with Gasteiger partial charge < -0.3 is 14.4 Å². The number of benzene rings is 3. The van der Waals surface area contributed by atoms with Crippen molar-refractivity contribution < 1.29 is 14.3 Å². The molecule has 2 aliphatic rings. The van der Waals surface area contributed by atoms with Crippen LogP contribution in [0.1, 0.15) is 40.8 Å². The van der Waals surface area contributed by atoms with Crippen molar-refractivity contribution in [1.82, 2.24) is 9.80 Å². The van der Waals surface area contributed by atoms with Crippen LogP contribution in [0.2, 0.25) is 0 Å². The molecule has 0 N–H and O–H groups in total. The van der Waals surface area contributed by atoms with E-state index in [4.69, 9.17) is 9.47 Å². The number of nitrogens with zero attached hydrogens (tertiary/aromatic N) is 2. The largest absolute Gasteiger partial charge is 0.493 e. The van der Waals surface area contributed by atoms with Crippen molar-refractivity contribution in [3.63, 3.8) is 0 Å². The molecule has 176 valence electrons. The third-order valence-electron chi connectivity index (χ3n) is 7.33. The first kappa shape index (κ1) is 22.5. The highest BCUT2D eigenvalue weighted by atomic mass is 16.5. The molecular weight excluding hydrogens is 424 g/mol. The summed E-state index contributed by atoms with van der Waals surface area (Å²) in [7, 11) is 3.32. The van der Waals surface area contributed by atoms with Crippen LogP contribution in [0.5, 0.6) is 11.5 Å². The molecule has 5 rings (SSSR count). The lowest BCUT2D eigenvalue weighted by atomic mass is 9.89. The Hall–Kier alpha value is -3.31. The Bertz CT molecular complexity index is 1180. The van der Waals surface area contributed by atoms with E-state index in [1.165, 1.54) is 22.3 Å². The lowest BCUT2D eigenvalue weighted by Gasteiger charge is -2.42. The Balaban J connectivity index is 1.45. The maximum absolute atomic E-state index is 14.1. The molecular formula is C29H32N2O3. The fourth-order valence-corrected chi connectivity index (χ4v) is 5.44. The fraction of sp³-hybridized carbons (Fsp3) is 0.345. The summed E-state index contributed by atoms with van der Waals surface area (Å²) in [5, 5.41) is 0. The van der Waals surface area contributed by atoms with E-state index in [9.17, 15) is 4.79 Å². The van der Waals surface area contributed by atoms with E-state index in [-0.39, 0.29) is 18.0 Å². The molecule has 3 aromatic carbocycles. The maximum Gasteiger partial charge on any atom is 0.240 e. The van der Waals surface area contributed by atoms with Crippen LogP contribution in [0.3, 0.4) is 0 Å². The molecule has 0 saturated carbocycles. The molecule has 34 heavy (non-hydrogen) atoms. The van der Waals surface area contributed by atoms with E-state index in [0.717, 1.165) is 37.2 Å². The van der Waals surface area contributed by atoms with Gasteiger partial charge in [0.25, 0.3) is 0 Å². The third kappa shape index (κ3) is 4.16. The number of amides is 1. The van der Waals surface area contributed by atoms with Gasteiger partial charge in [0.1, 0.15) is 0 Å². The first-order valence-corrected chi connectivity index (χ1v) is 12.0. The van der Waals surface area contributed by atoms with Gasteiger partial charge in [-0.25, -0.2) is 0 Å². The zero-order valence-electron chi connectivity index (χ0n) is 20.2. The maximum atomic E-state index is 14.1. The SMILES string of the molecule is COc1cc2c(cc1OC)[C@H](C)N(C(=O)[C@@H]1Cc3ccccc3CN1Cc1ccccc1)CC2. The number of methoxy groups -OCH3 is 2. The normalized spacial score (nSPS) is 19.8. The van der Waals surface area contributed by atoms with Gasteiger partial charge in [0, 0.05) is 19.6 Å². The summed E-state index contributed by atoms with van der Waals surface area (Å²) in [6.45, 7) is 4.38. The monoisotopic (exact) mass is 456 g/mol. The van der Waals surface area contributed by atoms with Gasteiger partial charge >= 0.3 is 0 Å². The van der Waals surface area contributed by atoms with Crippen LogP contribution >= 0.6 is 0 Å². The van der Waals surface area contributed by atoms with E-state index < -0.39 is 0 Å². The Morgan fingerprint density at radius 2 is 1.59 bits per heavy atom. The molecule has 0 fully saturated rings. The van der Waals surface area contributed by atoms with Gasteiger partial charge in [-0.1, -0.05) is 54.6 Å². The number of ether oxygens (including phenoxy) is 2. The summed E-state index contributed by atoms with van der Waals surface area (Å²) in [5.41, 5.74) is 6.19. The number of fused-ring (bicyclic) bond motifs is 2. The molecule has 0 saturated heterocycles. The van der Waals surface area contributed by atoms with Crippen LogP contribution in [0.4, 0.5) is 0 Å². The van der Waals surface area contributed by atoms with Crippen LogP contribution in [0.15, 0.2) is 66.7 Å². The van der Waals surface area contributed by atoms with E-state index in [2.05, 4.69) is 71.3 Å². The highest BCUT2D eigenvalue weighted by molar-refractivity contribution is 5.83. The Kier molecular flexibility index (Phi) is 6.29. The first-order chi connectivity index (χ1) is 16.6. The lowest BCUT2D eigenvalue weighted by Crippen LogP contribution is -2.53. The number of carbonyl (C=O) groups is 1. The number of rotatable bonds is 5. The molecule has 1 amide bonds. The smallest absolute Gasteiger partial charge is 0.240 e. The zero-order chi connectivity index (χ0) is 23.7. The summed E-state index contributed by atoms with van der Waals surface area (Å²) in [6, 6.07) is 22.9. The van der Waals surface area contributed by atoms with Crippen LogP contribution < -0.4 is 9.47 Å². The van der Waals surface area contributed by atoms with E-state index >= 15 is 0 Å². The van der Waals surface area contributed by atoms with Crippen molar-refractivity contribution >= 4 is 5.91 Å². The summed E-state index contributed by atoms with van der Waals surface area (Å²) in [5.74, 6) is 1.66. The van der Waals surface area contributed by atoms with Gasteiger partial charge in [-0.3, -0.25) is 9.69 Å². The molecule has 2 atom stereocenters. The number of hydrogen-bond donors (Lipinski definition) is 0. The molecule has 0 radical (unpaired) electrons. The molecule has 3 aromatic rings. The number of carbonyl (C=O) groups excluding carboxylic acids is 1. The highest BCUT2D eigenvalue weighted by Crippen LogP contribution is 2.39. The molecule has 5 heteroatoms. The van der Waals surface area contributed by atoms with Gasteiger partial charge in [-0.05, 0) is 59.7 Å². The van der Waals surface area contributed by atoms with Gasteiger partial charge in [0.2, 0.25) is 5.91 Å². The summed E-state index contributed by atoms with van der Waals surface area (Å²) in [4.78, 5) is 18.5. The molecule has 2 aliphatic heterocycles. The first-order valence-electron chi connectivity index (χ1n) is 12.0.